The van der Waals surface area contributed by atoms with E-state index in [1.807, 2.05) is 0 Å². The minimum atomic E-state index is -3.41. The predicted molar refractivity (Wildman–Crippen MR) is 112 cm³/mol. The maximum absolute atomic E-state index is 13.9. The van der Waals surface area contributed by atoms with E-state index in [1.165, 1.54) is 23.1 Å². The van der Waals surface area contributed by atoms with E-state index >= 15 is 0 Å². The van der Waals surface area contributed by atoms with Gasteiger partial charge in [-0.3, -0.25) is 4.79 Å². The molecule has 2 aromatic carbocycles. The molecule has 0 radical (unpaired) electrons. The quantitative estimate of drug-likeness (QED) is 0.561. The number of carbonyl (C=O) groups is 2. The van der Waals surface area contributed by atoms with Crippen molar-refractivity contribution in [3.05, 3.63) is 77.2 Å². The molecule has 1 aromatic heterocycles. The minimum Gasteiger partial charge on any atom is -0.450 e. The highest BCUT2D eigenvalue weighted by Crippen LogP contribution is 2.28. The zero-order valence-corrected chi connectivity index (χ0v) is 17.3. The Kier molecular flexibility index (Phi) is 5.36. The van der Waals surface area contributed by atoms with Crippen LogP contribution in [0.4, 0.5) is 10.1 Å². The fraction of sp³-hybridized carbons (Fsp3) is 0.182. The van der Waals surface area contributed by atoms with Crippen LogP contribution in [0.2, 0.25) is 0 Å². The van der Waals surface area contributed by atoms with Gasteiger partial charge in [-0.05, 0) is 31.2 Å². The van der Waals surface area contributed by atoms with Gasteiger partial charge in [0.25, 0.3) is 5.91 Å². The topological polar surface area (TPSA) is 93.9 Å². The Morgan fingerprint density at radius 3 is 2.55 bits per heavy atom. The molecule has 1 aliphatic heterocycles. The van der Waals surface area contributed by atoms with Crippen LogP contribution < -0.4 is 4.90 Å². The second kappa shape index (κ2) is 7.99. The summed E-state index contributed by atoms with van der Waals surface area (Å²) < 4.78 is 48.1. The summed E-state index contributed by atoms with van der Waals surface area (Å²) in [5, 5.41) is 1.50. The molecule has 2 heterocycles. The number of anilines is 1. The van der Waals surface area contributed by atoms with E-state index in [4.69, 9.17) is 9.15 Å². The summed E-state index contributed by atoms with van der Waals surface area (Å²) in [4.78, 5) is 26.7. The molecule has 160 valence electrons. The highest BCUT2D eigenvalue weighted by Gasteiger charge is 2.32. The molecule has 31 heavy (non-hydrogen) atoms. The number of sulfone groups is 1. The number of ether oxygens (including phenoxy) is 1. The Hall–Kier alpha value is -3.46. The van der Waals surface area contributed by atoms with Crippen molar-refractivity contribution in [3.8, 4) is 0 Å². The standard InChI is InChI=1S/C22H18FNO6S/c1-14-17-8-5-9-18(23)21(17)30-20(14)22(26)29-12-19(25)24(15-6-3-2-4-7-15)16-10-11-31(27,28)13-16/h2-11,16H,12-13H2,1H3. The average Bonchev–Trinajstić information content (AvgIpc) is 3.27. The number of nitrogens with zero attached hydrogens (tertiary/aromatic N) is 1. The van der Waals surface area contributed by atoms with E-state index in [0.717, 1.165) is 5.41 Å². The molecule has 4 rings (SSSR count). The molecule has 0 saturated heterocycles. The van der Waals surface area contributed by atoms with Crippen LogP contribution in [-0.2, 0) is 19.4 Å². The molecule has 7 nitrogen and oxygen atoms in total. The first-order valence-electron chi connectivity index (χ1n) is 9.39. The number of benzene rings is 2. The third-order valence-corrected chi connectivity index (χ3v) is 6.35. The molecule has 1 unspecified atom stereocenters. The summed E-state index contributed by atoms with van der Waals surface area (Å²) in [7, 11) is -3.41. The molecule has 9 heteroatoms. The first-order chi connectivity index (χ1) is 14.8. The van der Waals surface area contributed by atoms with Gasteiger partial charge in [-0.2, -0.15) is 0 Å². The van der Waals surface area contributed by atoms with Crippen molar-refractivity contribution in [3.63, 3.8) is 0 Å². The van der Waals surface area contributed by atoms with Gasteiger partial charge < -0.3 is 14.1 Å². The number of rotatable bonds is 5. The summed E-state index contributed by atoms with van der Waals surface area (Å²) in [5.74, 6) is -2.58. The van der Waals surface area contributed by atoms with Crippen LogP contribution in [0.1, 0.15) is 16.1 Å². The van der Waals surface area contributed by atoms with Crippen LogP contribution in [0.15, 0.2) is 64.4 Å². The van der Waals surface area contributed by atoms with E-state index in [0.29, 0.717) is 16.6 Å². The van der Waals surface area contributed by atoms with Gasteiger partial charge in [0.2, 0.25) is 5.76 Å². The van der Waals surface area contributed by atoms with Crippen LogP contribution in [-0.4, -0.2) is 38.7 Å². The summed E-state index contributed by atoms with van der Waals surface area (Å²) in [6, 6.07) is 12.1. The second-order valence-corrected chi connectivity index (χ2v) is 9.00. The molecule has 0 N–H and O–H groups in total. The molecule has 0 aliphatic carbocycles. The second-order valence-electron chi connectivity index (χ2n) is 7.07. The Bertz CT molecular complexity index is 1300. The Balaban J connectivity index is 1.54. The number of carbonyl (C=O) groups excluding carboxylic acids is 2. The molecule has 3 aromatic rings. The van der Waals surface area contributed by atoms with Crippen molar-refractivity contribution in [1.82, 2.24) is 0 Å². The van der Waals surface area contributed by atoms with Gasteiger partial charge >= 0.3 is 5.97 Å². The lowest BCUT2D eigenvalue weighted by molar-refractivity contribution is -0.121. The maximum Gasteiger partial charge on any atom is 0.375 e. The van der Waals surface area contributed by atoms with Gasteiger partial charge in [0, 0.05) is 22.0 Å². The number of hydrogen-bond donors (Lipinski definition) is 0. The first kappa shape index (κ1) is 20.8. The Labute approximate surface area is 177 Å². The SMILES string of the molecule is Cc1c(C(=O)OCC(=O)N(c2ccccc2)C2C=CS(=O)(=O)C2)oc2c(F)cccc12. The summed E-state index contributed by atoms with van der Waals surface area (Å²) in [6.07, 6.45) is 1.42. The molecular weight excluding hydrogens is 425 g/mol. The van der Waals surface area contributed by atoms with E-state index in [2.05, 4.69) is 0 Å². The lowest BCUT2D eigenvalue weighted by Gasteiger charge is -2.27. The van der Waals surface area contributed by atoms with Crippen molar-refractivity contribution < 1.29 is 31.6 Å². The number of furan rings is 1. The smallest absolute Gasteiger partial charge is 0.375 e. The monoisotopic (exact) mass is 443 g/mol. The van der Waals surface area contributed by atoms with Crippen LogP contribution in [0, 0.1) is 12.7 Å². The molecule has 0 spiro atoms. The first-order valence-corrected chi connectivity index (χ1v) is 11.1. The number of para-hydroxylation sites is 2. The van der Waals surface area contributed by atoms with E-state index in [9.17, 15) is 22.4 Å². The highest BCUT2D eigenvalue weighted by atomic mass is 32.2. The van der Waals surface area contributed by atoms with Gasteiger partial charge in [0.15, 0.2) is 27.8 Å². The summed E-state index contributed by atoms with van der Waals surface area (Å²) >= 11 is 0. The number of esters is 1. The lowest BCUT2D eigenvalue weighted by atomic mass is 10.1. The highest BCUT2D eigenvalue weighted by molar-refractivity contribution is 7.94. The molecule has 0 bridgehead atoms. The number of halogens is 1. The molecule has 1 amide bonds. The van der Waals surface area contributed by atoms with Gasteiger partial charge in [-0.15, -0.1) is 0 Å². The van der Waals surface area contributed by atoms with Gasteiger partial charge in [0.05, 0.1) is 11.8 Å². The van der Waals surface area contributed by atoms with E-state index < -0.39 is 40.2 Å². The van der Waals surface area contributed by atoms with Crippen molar-refractivity contribution in [2.45, 2.75) is 13.0 Å². The van der Waals surface area contributed by atoms with Gasteiger partial charge in [0.1, 0.15) is 0 Å². The number of aryl methyl sites for hydroxylation is 1. The van der Waals surface area contributed by atoms with Crippen molar-refractivity contribution in [2.75, 3.05) is 17.3 Å². The zero-order chi connectivity index (χ0) is 22.2. The third-order valence-electron chi connectivity index (χ3n) is 4.97. The number of hydrogen-bond acceptors (Lipinski definition) is 6. The van der Waals surface area contributed by atoms with Crippen molar-refractivity contribution in [2.24, 2.45) is 0 Å². The van der Waals surface area contributed by atoms with E-state index in [-0.39, 0.29) is 17.1 Å². The van der Waals surface area contributed by atoms with Gasteiger partial charge in [-0.1, -0.05) is 30.3 Å². The van der Waals surface area contributed by atoms with Crippen molar-refractivity contribution in [1.29, 1.82) is 0 Å². The largest absolute Gasteiger partial charge is 0.450 e. The third kappa shape index (κ3) is 4.09. The van der Waals surface area contributed by atoms with Gasteiger partial charge in [-0.25, -0.2) is 17.6 Å². The van der Waals surface area contributed by atoms with E-state index in [1.54, 1.807) is 43.3 Å². The minimum absolute atomic E-state index is 0.0644. The van der Waals surface area contributed by atoms with Crippen LogP contribution in [0.5, 0.6) is 0 Å². The van der Waals surface area contributed by atoms with Crippen molar-refractivity contribution >= 4 is 38.4 Å². The molecule has 1 atom stereocenters. The number of fused-ring (bicyclic) bond motifs is 1. The molecule has 0 saturated carbocycles. The van der Waals surface area contributed by atoms with Crippen LogP contribution in [0.25, 0.3) is 11.0 Å². The Morgan fingerprint density at radius 1 is 1.16 bits per heavy atom. The number of amides is 1. The zero-order valence-electron chi connectivity index (χ0n) is 16.4. The predicted octanol–water partition coefficient (Wildman–Crippen LogP) is 3.38. The fourth-order valence-corrected chi connectivity index (χ4v) is 4.76. The molecular formula is C22H18FNO6S. The van der Waals surface area contributed by atoms with Crippen LogP contribution >= 0.6 is 0 Å². The fourth-order valence-electron chi connectivity index (χ4n) is 3.50. The normalized spacial score (nSPS) is 17.0. The van der Waals surface area contributed by atoms with Crippen LogP contribution in [0.3, 0.4) is 0 Å². The Morgan fingerprint density at radius 2 is 1.90 bits per heavy atom. The summed E-state index contributed by atoms with van der Waals surface area (Å²) in [6.45, 7) is 0.950. The summed E-state index contributed by atoms with van der Waals surface area (Å²) in [5.41, 5.74) is 0.805. The average molecular weight is 443 g/mol. The lowest BCUT2D eigenvalue weighted by Crippen LogP contribution is -2.43. The maximum atomic E-state index is 13.9. The molecule has 1 aliphatic rings. The molecule has 0 fully saturated rings.